The molecule has 0 aromatic carbocycles. The Morgan fingerprint density at radius 1 is 1.48 bits per heavy atom. The van der Waals surface area contributed by atoms with Crippen LogP contribution in [0.4, 0.5) is 0 Å². The molecule has 7 heteroatoms. The second kappa shape index (κ2) is 6.05. The number of piperidine rings is 1. The highest BCUT2D eigenvalue weighted by Gasteiger charge is 2.43. The molecule has 3 atom stereocenters. The molecule has 0 aliphatic carbocycles. The second-order valence-corrected chi connectivity index (χ2v) is 7.33. The molecule has 2 aliphatic heterocycles. The highest BCUT2D eigenvalue weighted by Crippen LogP contribution is 2.35. The van der Waals surface area contributed by atoms with E-state index < -0.39 is 0 Å². The van der Waals surface area contributed by atoms with E-state index in [0.29, 0.717) is 18.0 Å². The summed E-state index contributed by atoms with van der Waals surface area (Å²) in [4.78, 5) is 21.1. The van der Waals surface area contributed by atoms with Crippen LogP contribution in [0.25, 0.3) is 0 Å². The number of carbonyl (C=O) groups excluding carboxylic acids is 1. The van der Waals surface area contributed by atoms with Crippen LogP contribution < -0.4 is 0 Å². The Morgan fingerprint density at radius 2 is 2.39 bits per heavy atom. The van der Waals surface area contributed by atoms with Crippen molar-refractivity contribution in [3.63, 3.8) is 0 Å². The summed E-state index contributed by atoms with van der Waals surface area (Å²) in [6, 6.07) is 2.98. The third-order valence-corrected chi connectivity index (χ3v) is 5.97. The Balaban J connectivity index is 1.43. The standard InChI is InChI=1S/C16H21N5OS/c1-19-14(8-21-11-17-10-18-21)6-13-7-20(4-2-15(13)19)16(22)12-3-5-23-9-12/h3,5,9-11,13-15H,2,4,6-8H2,1H3/t13?,14-,15?/m0/s1. The van der Waals surface area contributed by atoms with Crippen molar-refractivity contribution in [3.05, 3.63) is 35.0 Å². The quantitative estimate of drug-likeness (QED) is 0.857. The summed E-state index contributed by atoms with van der Waals surface area (Å²) in [5, 5.41) is 8.14. The fraction of sp³-hybridized carbons (Fsp3) is 0.562. The molecule has 6 nitrogen and oxygen atoms in total. The molecule has 2 aliphatic rings. The first-order chi connectivity index (χ1) is 11.2. The van der Waals surface area contributed by atoms with Crippen molar-refractivity contribution in [2.45, 2.75) is 31.5 Å². The van der Waals surface area contributed by atoms with Gasteiger partial charge in [-0.3, -0.25) is 14.4 Å². The van der Waals surface area contributed by atoms with E-state index in [4.69, 9.17) is 0 Å². The number of aromatic nitrogens is 3. The van der Waals surface area contributed by atoms with Crippen LogP contribution in [0, 0.1) is 5.92 Å². The van der Waals surface area contributed by atoms with Crippen LogP contribution >= 0.6 is 11.3 Å². The smallest absolute Gasteiger partial charge is 0.254 e. The van der Waals surface area contributed by atoms with E-state index in [1.807, 2.05) is 26.4 Å². The number of rotatable bonds is 3. The van der Waals surface area contributed by atoms with Crippen LogP contribution in [-0.4, -0.2) is 62.7 Å². The lowest BCUT2D eigenvalue weighted by Gasteiger charge is -2.37. The summed E-state index contributed by atoms with van der Waals surface area (Å²) in [5.74, 6) is 0.747. The van der Waals surface area contributed by atoms with Crippen molar-refractivity contribution in [2.24, 2.45) is 5.92 Å². The molecule has 23 heavy (non-hydrogen) atoms. The average molecular weight is 331 g/mol. The number of hydrogen-bond donors (Lipinski definition) is 0. The van der Waals surface area contributed by atoms with Gasteiger partial charge >= 0.3 is 0 Å². The molecule has 0 spiro atoms. The summed E-state index contributed by atoms with van der Waals surface area (Å²) in [6.07, 6.45) is 5.55. The van der Waals surface area contributed by atoms with Crippen molar-refractivity contribution in [3.8, 4) is 0 Å². The Morgan fingerprint density at radius 3 is 3.13 bits per heavy atom. The molecule has 0 radical (unpaired) electrons. The van der Waals surface area contributed by atoms with Crippen LogP contribution in [0.15, 0.2) is 29.5 Å². The van der Waals surface area contributed by atoms with E-state index in [1.54, 1.807) is 24.0 Å². The SMILES string of the molecule is CN1C2CCN(C(=O)c3ccsc3)CC2C[C@H]1Cn1cncn1. The van der Waals surface area contributed by atoms with E-state index in [9.17, 15) is 4.79 Å². The molecular formula is C16H21N5OS. The molecule has 0 saturated carbocycles. The fourth-order valence-electron chi connectivity index (χ4n) is 4.07. The number of carbonyl (C=O) groups is 1. The molecule has 1 amide bonds. The summed E-state index contributed by atoms with van der Waals surface area (Å²) in [6.45, 7) is 2.61. The van der Waals surface area contributed by atoms with Gasteiger partial charge < -0.3 is 4.90 Å². The maximum Gasteiger partial charge on any atom is 0.254 e. The van der Waals surface area contributed by atoms with Gasteiger partial charge in [-0.15, -0.1) is 0 Å². The number of likely N-dealkylation sites (tertiary alicyclic amines) is 2. The number of nitrogens with zero attached hydrogens (tertiary/aromatic N) is 5. The maximum absolute atomic E-state index is 12.6. The summed E-state index contributed by atoms with van der Waals surface area (Å²) >= 11 is 1.58. The first kappa shape index (κ1) is 14.8. The van der Waals surface area contributed by atoms with Crippen molar-refractivity contribution in [1.29, 1.82) is 0 Å². The zero-order valence-corrected chi connectivity index (χ0v) is 14.0. The number of hydrogen-bond acceptors (Lipinski definition) is 5. The Kier molecular flexibility index (Phi) is 3.90. The molecule has 2 saturated heterocycles. The largest absolute Gasteiger partial charge is 0.338 e. The summed E-state index contributed by atoms with van der Waals surface area (Å²) < 4.78 is 1.91. The van der Waals surface area contributed by atoms with Gasteiger partial charge in [-0.1, -0.05) is 0 Å². The van der Waals surface area contributed by atoms with Crippen LogP contribution in [0.3, 0.4) is 0 Å². The van der Waals surface area contributed by atoms with Gasteiger partial charge in [0.1, 0.15) is 12.7 Å². The zero-order chi connectivity index (χ0) is 15.8. The maximum atomic E-state index is 12.6. The normalized spacial score (nSPS) is 28.0. The number of likely N-dealkylation sites (N-methyl/N-ethyl adjacent to an activating group) is 1. The zero-order valence-electron chi connectivity index (χ0n) is 13.2. The average Bonchev–Trinajstić information content (AvgIpc) is 3.30. The predicted molar refractivity (Wildman–Crippen MR) is 88.3 cm³/mol. The third-order valence-electron chi connectivity index (χ3n) is 5.29. The van der Waals surface area contributed by atoms with E-state index in [0.717, 1.165) is 38.0 Å². The van der Waals surface area contributed by atoms with Gasteiger partial charge in [0.2, 0.25) is 0 Å². The minimum atomic E-state index is 0.187. The number of thiophene rings is 1. The monoisotopic (exact) mass is 331 g/mol. The van der Waals surface area contributed by atoms with Crippen LogP contribution in [0.1, 0.15) is 23.2 Å². The first-order valence-electron chi connectivity index (χ1n) is 8.08. The lowest BCUT2D eigenvalue weighted by Crippen LogP contribution is -2.47. The topological polar surface area (TPSA) is 54.3 Å². The summed E-state index contributed by atoms with van der Waals surface area (Å²) in [7, 11) is 2.21. The molecule has 122 valence electrons. The highest BCUT2D eigenvalue weighted by atomic mass is 32.1. The molecular weight excluding hydrogens is 310 g/mol. The summed E-state index contributed by atoms with van der Waals surface area (Å²) in [5.41, 5.74) is 0.832. The minimum Gasteiger partial charge on any atom is -0.338 e. The lowest BCUT2D eigenvalue weighted by molar-refractivity contribution is 0.0607. The predicted octanol–water partition coefficient (Wildman–Crippen LogP) is 1.57. The molecule has 0 N–H and O–H groups in total. The van der Waals surface area contributed by atoms with Gasteiger partial charge in [0, 0.05) is 30.6 Å². The van der Waals surface area contributed by atoms with E-state index >= 15 is 0 Å². The van der Waals surface area contributed by atoms with Gasteiger partial charge in [0.15, 0.2) is 0 Å². The van der Waals surface area contributed by atoms with Gasteiger partial charge in [0.25, 0.3) is 5.91 Å². The Labute approximate surface area is 139 Å². The van der Waals surface area contributed by atoms with Crippen LogP contribution in [-0.2, 0) is 6.54 Å². The van der Waals surface area contributed by atoms with E-state index in [1.165, 1.54) is 0 Å². The van der Waals surface area contributed by atoms with Gasteiger partial charge in [-0.05, 0) is 37.3 Å². The van der Waals surface area contributed by atoms with Gasteiger partial charge in [0.05, 0.1) is 12.1 Å². The molecule has 2 fully saturated rings. The molecule has 2 aromatic rings. The lowest BCUT2D eigenvalue weighted by atomic mass is 9.92. The highest BCUT2D eigenvalue weighted by molar-refractivity contribution is 7.08. The molecule has 2 aromatic heterocycles. The number of fused-ring (bicyclic) bond motifs is 1. The molecule has 0 bridgehead atoms. The van der Waals surface area contributed by atoms with Gasteiger partial charge in [-0.25, -0.2) is 4.98 Å². The fourth-order valence-corrected chi connectivity index (χ4v) is 4.70. The van der Waals surface area contributed by atoms with Crippen LogP contribution in [0.2, 0.25) is 0 Å². The van der Waals surface area contributed by atoms with Crippen LogP contribution in [0.5, 0.6) is 0 Å². The van der Waals surface area contributed by atoms with Crippen molar-refractivity contribution < 1.29 is 4.79 Å². The Bertz CT molecular complexity index is 656. The molecule has 2 unspecified atom stereocenters. The van der Waals surface area contributed by atoms with Crippen molar-refractivity contribution in [1.82, 2.24) is 24.6 Å². The third kappa shape index (κ3) is 2.79. The first-order valence-corrected chi connectivity index (χ1v) is 9.02. The molecule has 4 heterocycles. The molecule has 4 rings (SSSR count). The van der Waals surface area contributed by atoms with E-state index in [2.05, 4.69) is 22.0 Å². The van der Waals surface area contributed by atoms with Crippen molar-refractivity contribution >= 4 is 17.2 Å². The van der Waals surface area contributed by atoms with E-state index in [-0.39, 0.29) is 5.91 Å². The van der Waals surface area contributed by atoms with Gasteiger partial charge in [-0.2, -0.15) is 16.4 Å². The second-order valence-electron chi connectivity index (χ2n) is 6.55. The minimum absolute atomic E-state index is 0.187. The Hall–Kier alpha value is -1.73. The van der Waals surface area contributed by atoms with Crippen molar-refractivity contribution in [2.75, 3.05) is 20.1 Å². The number of amides is 1.